The van der Waals surface area contributed by atoms with Gasteiger partial charge in [0, 0.05) is 5.69 Å². The number of amides is 1. The van der Waals surface area contributed by atoms with E-state index in [-0.39, 0.29) is 17.1 Å². The first-order valence-corrected chi connectivity index (χ1v) is 12.0. The van der Waals surface area contributed by atoms with Crippen LogP contribution in [-0.2, 0) is 0 Å². The maximum Gasteiger partial charge on any atom is 0.295 e. The molecule has 35 heavy (non-hydrogen) atoms. The Bertz CT molecular complexity index is 1410. The molecule has 178 valence electrons. The van der Waals surface area contributed by atoms with Crippen molar-refractivity contribution in [1.82, 2.24) is 0 Å². The van der Waals surface area contributed by atoms with E-state index < -0.39 is 6.04 Å². The van der Waals surface area contributed by atoms with Gasteiger partial charge >= 0.3 is 0 Å². The van der Waals surface area contributed by atoms with Gasteiger partial charge in [0.2, 0.25) is 5.76 Å². The minimum atomic E-state index is -0.624. The van der Waals surface area contributed by atoms with Gasteiger partial charge in [0.1, 0.15) is 17.1 Å². The number of benzene rings is 3. The molecule has 0 bridgehead atoms. The average Bonchev–Trinajstić information content (AvgIpc) is 3.18. The Morgan fingerprint density at radius 3 is 2.26 bits per heavy atom. The Morgan fingerprint density at radius 2 is 1.54 bits per heavy atom. The zero-order chi connectivity index (χ0) is 24.4. The number of ether oxygens (including phenoxy) is 2. The number of fused-ring (bicyclic) bond motifs is 2. The highest BCUT2D eigenvalue weighted by molar-refractivity contribution is 6.10. The van der Waals surface area contributed by atoms with Gasteiger partial charge in [-0.05, 0) is 67.4 Å². The number of para-hydroxylation sites is 1. The zero-order valence-electron chi connectivity index (χ0n) is 19.8. The van der Waals surface area contributed by atoms with Gasteiger partial charge in [-0.25, -0.2) is 0 Å². The summed E-state index contributed by atoms with van der Waals surface area (Å²) in [6, 6.07) is 21.3. The van der Waals surface area contributed by atoms with E-state index in [1.165, 1.54) is 0 Å². The standard InChI is InChI=1S/C29H27NO5/c1-3-5-18-34-22-14-10-19(11-15-22)26-25-27(31)23-8-6-7-9-24(23)35-28(25)29(32)30(26)20-12-16-21(17-13-20)33-4-2/h6-17,26H,3-5,18H2,1-2H3. The molecule has 1 unspecified atom stereocenters. The number of hydrogen-bond donors (Lipinski definition) is 0. The zero-order valence-corrected chi connectivity index (χ0v) is 19.8. The topological polar surface area (TPSA) is 69.0 Å². The van der Waals surface area contributed by atoms with Gasteiger partial charge in [-0.1, -0.05) is 37.6 Å². The van der Waals surface area contributed by atoms with Gasteiger partial charge in [-0.2, -0.15) is 0 Å². The lowest BCUT2D eigenvalue weighted by atomic mass is 9.98. The molecule has 0 saturated carbocycles. The molecule has 2 heterocycles. The van der Waals surface area contributed by atoms with Crippen molar-refractivity contribution < 1.29 is 18.7 Å². The first-order chi connectivity index (χ1) is 17.1. The van der Waals surface area contributed by atoms with Crippen molar-refractivity contribution in [3.05, 3.63) is 99.9 Å². The molecule has 0 aliphatic carbocycles. The average molecular weight is 470 g/mol. The molecule has 1 aliphatic heterocycles. The summed E-state index contributed by atoms with van der Waals surface area (Å²) in [7, 11) is 0. The van der Waals surface area contributed by atoms with Crippen LogP contribution in [0.1, 0.15) is 54.4 Å². The third kappa shape index (κ3) is 4.16. The van der Waals surface area contributed by atoms with Gasteiger partial charge in [-0.3, -0.25) is 14.5 Å². The van der Waals surface area contributed by atoms with Gasteiger partial charge in [0.15, 0.2) is 5.43 Å². The summed E-state index contributed by atoms with van der Waals surface area (Å²) in [4.78, 5) is 28.9. The fourth-order valence-corrected chi connectivity index (χ4v) is 4.45. The second-order valence-corrected chi connectivity index (χ2v) is 8.45. The molecule has 1 amide bonds. The van der Waals surface area contributed by atoms with Gasteiger partial charge in [0.25, 0.3) is 5.91 Å². The summed E-state index contributed by atoms with van der Waals surface area (Å²) >= 11 is 0. The third-order valence-electron chi connectivity index (χ3n) is 6.17. The third-order valence-corrected chi connectivity index (χ3v) is 6.17. The smallest absolute Gasteiger partial charge is 0.295 e. The van der Waals surface area contributed by atoms with Crippen LogP contribution in [0.15, 0.2) is 82.0 Å². The van der Waals surface area contributed by atoms with Gasteiger partial charge in [0.05, 0.1) is 30.2 Å². The van der Waals surface area contributed by atoms with Crippen LogP contribution in [0.4, 0.5) is 5.69 Å². The quantitative estimate of drug-likeness (QED) is 0.291. The van der Waals surface area contributed by atoms with Crippen molar-refractivity contribution in [1.29, 1.82) is 0 Å². The predicted molar refractivity (Wildman–Crippen MR) is 136 cm³/mol. The highest BCUT2D eigenvalue weighted by atomic mass is 16.5. The summed E-state index contributed by atoms with van der Waals surface area (Å²) in [6.45, 7) is 5.23. The highest BCUT2D eigenvalue weighted by Gasteiger charge is 2.43. The Labute approximate surface area is 203 Å². The maximum absolute atomic E-state index is 13.7. The van der Waals surface area contributed by atoms with E-state index in [9.17, 15) is 9.59 Å². The van der Waals surface area contributed by atoms with E-state index in [1.807, 2.05) is 55.5 Å². The summed E-state index contributed by atoms with van der Waals surface area (Å²) in [6.07, 6.45) is 2.03. The van der Waals surface area contributed by atoms with Crippen molar-refractivity contribution in [3.63, 3.8) is 0 Å². The lowest BCUT2D eigenvalue weighted by Crippen LogP contribution is -2.29. The summed E-state index contributed by atoms with van der Waals surface area (Å²) in [5.41, 5.74) is 2.01. The molecular formula is C29H27NO5. The Kier molecular flexibility index (Phi) is 6.27. The molecule has 0 spiro atoms. The number of unbranched alkanes of at least 4 members (excludes halogenated alkanes) is 1. The van der Waals surface area contributed by atoms with E-state index in [0.29, 0.717) is 41.2 Å². The van der Waals surface area contributed by atoms with E-state index in [2.05, 4.69) is 6.92 Å². The minimum Gasteiger partial charge on any atom is -0.494 e. The molecule has 1 aromatic heterocycles. The number of anilines is 1. The molecule has 0 saturated heterocycles. The summed E-state index contributed by atoms with van der Waals surface area (Å²) in [5, 5.41) is 0.456. The number of hydrogen-bond acceptors (Lipinski definition) is 5. The van der Waals surface area contributed by atoms with Crippen LogP contribution in [0.3, 0.4) is 0 Å². The number of nitrogens with zero attached hydrogens (tertiary/aromatic N) is 1. The van der Waals surface area contributed by atoms with Crippen LogP contribution in [0.25, 0.3) is 11.0 Å². The van der Waals surface area contributed by atoms with Crippen molar-refractivity contribution in [2.24, 2.45) is 0 Å². The van der Waals surface area contributed by atoms with E-state index in [0.717, 1.165) is 24.2 Å². The molecule has 1 atom stereocenters. The van der Waals surface area contributed by atoms with Crippen molar-refractivity contribution in [2.45, 2.75) is 32.7 Å². The van der Waals surface area contributed by atoms with E-state index >= 15 is 0 Å². The molecule has 0 fully saturated rings. The molecule has 4 aromatic rings. The first kappa shape index (κ1) is 22.7. The molecular weight excluding hydrogens is 442 g/mol. The first-order valence-electron chi connectivity index (χ1n) is 12.0. The molecule has 0 N–H and O–H groups in total. The van der Waals surface area contributed by atoms with Crippen molar-refractivity contribution >= 4 is 22.6 Å². The minimum absolute atomic E-state index is 0.0795. The van der Waals surface area contributed by atoms with E-state index in [4.69, 9.17) is 13.9 Å². The SMILES string of the molecule is CCCCOc1ccc(C2c3c(oc4ccccc4c3=O)C(=O)N2c2ccc(OCC)cc2)cc1. The normalized spacial score (nSPS) is 14.9. The second kappa shape index (κ2) is 9.66. The van der Waals surface area contributed by atoms with Crippen molar-refractivity contribution in [3.8, 4) is 11.5 Å². The summed E-state index contributed by atoms with van der Waals surface area (Å²) in [5.74, 6) is 1.20. The van der Waals surface area contributed by atoms with Crippen LogP contribution in [-0.4, -0.2) is 19.1 Å². The fraction of sp³-hybridized carbons (Fsp3) is 0.241. The maximum atomic E-state index is 13.7. The predicted octanol–water partition coefficient (Wildman–Crippen LogP) is 6.12. The molecule has 3 aromatic carbocycles. The molecule has 5 rings (SSSR count). The van der Waals surface area contributed by atoms with Crippen LogP contribution in [0.2, 0.25) is 0 Å². The van der Waals surface area contributed by atoms with Crippen LogP contribution in [0, 0.1) is 0 Å². The van der Waals surface area contributed by atoms with Crippen LogP contribution < -0.4 is 19.8 Å². The Morgan fingerprint density at radius 1 is 0.857 bits per heavy atom. The van der Waals surface area contributed by atoms with Crippen molar-refractivity contribution in [2.75, 3.05) is 18.1 Å². The summed E-state index contributed by atoms with van der Waals surface area (Å²) < 4.78 is 17.4. The fourth-order valence-electron chi connectivity index (χ4n) is 4.45. The molecule has 6 nitrogen and oxygen atoms in total. The number of carbonyl (C=O) groups excluding carboxylic acids is 1. The van der Waals surface area contributed by atoms with Gasteiger partial charge in [-0.15, -0.1) is 0 Å². The largest absolute Gasteiger partial charge is 0.494 e. The number of rotatable bonds is 8. The van der Waals surface area contributed by atoms with Gasteiger partial charge < -0.3 is 13.9 Å². The molecule has 1 aliphatic rings. The lowest BCUT2D eigenvalue weighted by Gasteiger charge is -2.25. The Hall–Kier alpha value is -4.06. The Balaban J connectivity index is 1.62. The lowest BCUT2D eigenvalue weighted by molar-refractivity contribution is 0.0971. The second-order valence-electron chi connectivity index (χ2n) is 8.45. The molecule has 0 radical (unpaired) electrons. The molecule has 6 heteroatoms. The monoisotopic (exact) mass is 469 g/mol. The number of carbonyl (C=O) groups is 1. The van der Waals surface area contributed by atoms with Crippen LogP contribution >= 0.6 is 0 Å². The highest BCUT2D eigenvalue weighted by Crippen LogP contribution is 2.41. The van der Waals surface area contributed by atoms with E-state index in [1.54, 1.807) is 29.2 Å². The van der Waals surface area contributed by atoms with Crippen LogP contribution in [0.5, 0.6) is 11.5 Å².